The highest BCUT2D eigenvalue weighted by molar-refractivity contribution is 7.92. The molecular weight excluding hydrogens is 465 g/mol. The average Bonchev–Trinajstić information content (AvgIpc) is 3.27. The summed E-state index contributed by atoms with van der Waals surface area (Å²) in [4.78, 5) is 26.6. The molecule has 2 amide bonds. The minimum absolute atomic E-state index is 0.0868. The Balaban J connectivity index is 1.92. The number of amides is 2. The number of ether oxygens (including phenoxy) is 1. The fourth-order valence-corrected chi connectivity index (χ4v) is 5.84. The number of nitriles is 1. The fourth-order valence-electron chi connectivity index (χ4n) is 3.39. The molecule has 0 aromatic heterocycles. The molecule has 31 heavy (non-hydrogen) atoms. The Morgan fingerprint density at radius 2 is 1.94 bits per heavy atom. The quantitative estimate of drug-likeness (QED) is 0.695. The average molecular weight is 488 g/mol. The highest BCUT2D eigenvalue weighted by Crippen LogP contribution is 2.37. The van der Waals surface area contributed by atoms with E-state index in [0.29, 0.717) is 12.8 Å². The number of hydrogen-bond acceptors (Lipinski definition) is 6. The van der Waals surface area contributed by atoms with Gasteiger partial charge in [-0.1, -0.05) is 29.3 Å². The van der Waals surface area contributed by atoms with Gasteiger partial charge >= 0.3 is 6.09 Å². The van der Waals surface area contributed by atoms with Crippen LogP contribution >= 0.6 is 23.2 Å². The standard InChI is InChI=1S/C20H23Cl2N3O5S/c1-19(2,3)30-18(27)25-10-12(9-14(25)17(26)24-20(11-23)7-8-20)31(28,29)15-6-4-5-13(21)16(15)22/h4-6,12,14H,7-10H2,1-3H3,(H,24,26). The molecule has 1 heterocycles. The number of likely N-dealkylation sites (tertiary alicyclic amines) is 1. The van der Waals surface area contributed by atoms with Gasteiger partial charge in [-0.3, -0.25) is 9.69 Å². The Morgan fingerprint density at radius 3 is 2.48 bits per heavy atom. The van der Waals surface area contributed by atoms with Crippen molar-refractivity contribution in [3.63, 3.8) is 0 Å². The molecule has 1 aliphatic heterocycles. The maximum absolute atomic E-state index is 13.3. The van der Waals surface area contributed by atoms with Gasteiger partial charge in [-0.25, -0.2) is 13.2 Å². The first kappa shape index (κ1) is 23.6. The minimum Gasteiger partial charge on any atom is -0.444 e. The predicted octanol–water partition coefficient (Wildman–Crippen LogP) is 3.32. The molecule has 0 radical (unpaired) electrons. The summed E-state index contributed by atoms with van der Waals surface area (Å²) in [6.45, 7) is 4.76. The molecule has 8 nitrogen and oxygen atoms in total. The van der Waals surface area contributed by atoms with Crippen molar-refractivity contribution < 1.29 is 22.7 Å². The van der Waals surface area contributed by atoms with Crippen molar-refractivity contribution in [2.75, 3.05) is 6.54 Å². The largest absolute Gasteiger partial charge is 0.444 e. The van der Waals surface area contributed by atoms with Gasteiger partial charge < -0.3 is 10.1 Å². The van der Waals surface area contributed by atoms with Crippen molar-refractivity contribution in [3.8, 4) is 6.07 Å². The van der Waals surface area contributed by atoms with Crippen LogP contribution in [0, 0.1) is 11.3 Å². The zero-order valence-electron chi connectivity index (χ0n) is 17.3. The second-order valence-electron chi connectivity index (χ2n) is 8.79. The van der Waals surface area contributed by atoms with Gasteiger partial charge in [0, 0.05) is 6.54 Å². The monoisotopic (exact) mass is 487 g/mol. The molecule has 3 rings (SSSR count). The van der Waals surface area contributed by atoms with Crippen LogP contribution in [0.15, 0.2) is 23.1 Å². The van der Waals surface area contributed by atoms with Crippen molar-refractivity contribution in [2.45, 2.75) is 67.4 Å². The Labute approximate surface area is 191 Å². The molecule has 1 aromatic carbocycles. The molecule has 0 spiro atoms. The molecule has 2 aliphatic rings. The molecular formula is C20H23Cl2N3O5S. The molecule has 2 atom stereocenters. The minimum atomic E-state index is -4.01. The van der Waals surface area contributed by atoms with E-state index in [1.54, 1.807) is 20.8 Å². The SMILES string of the molecule is CC(C)(C)OC(=O)N1CC(S(=O)(=O)c2cccc(Cl)c2Cl)CC1C(=O)NC1(C#N)CC1. The van der Waals surface area contributed by atoms with Crippen molar-refractivity contribution in [2.24, 2.45) is 0 Å². The van der Waals surface area contributed by atoms with E-state index >= 15 is 0 Å². The lowest BCUT2D eigenvalue weighted by Crippen LogP contribution is -2.50. The second-order valence-corrected chi connectivity index (χ2v) is 11.8. The predicted molar refractivity (Wildman–Crippen MR) is 115 cm³/mol. The maximum atomic E-state index is 13.3. The highest BCUT2D eigenvalue weighted by Gasteiger charge is 2.51. The molecule has 1 saturated carbocycles. The van der Waals surface area contributed by atoms with Crippen molar-refractivity contribution in [1.82, 2.24) is 10.2 Å². The zero-order chi connectivity index (χ0) is 23.2. The van der Waals surface area contributed by atoms with Gasteiger partial charge in [-0.2, -0.15) is 5.26 Å². The summed E-state index contributed by atoms with van der Waals surface area (Å²) in [7, 11) is -4.01. The van der Waals surface area contributed by atoms with Crippen LogP contribution in [0.5, 0.6) is 0 Å². The summed E-state index contributed by atoms with van der Waals surface area (Å²) in [5.74, 6) is -0.584. The first-order valence-corrected chi connectivity index (χ1v) is 12.0. The number of nitrogens with one attached hydrogen (secondary N) is 1. The van der Waals surface area contributed by atoms with Crippen molar-refractivity contribution in [1.29, 1.82) is 5.26 Å². The molecule has 2 fully saturated rings. The van der Waals surface area contributed by atoms with Crippen LogP contribution in [0.4, 0.5) is 4.79 Å². The second kappa shape index (κ2) is 8.15. The highest BCUT2D eigenvalue weighted by atomic mass is 35.5. The van der Waals surface area contributed by atoms with Crippen molar-refractivity contribution >= 4 is 45.0 Å². The molecule has 2 unspecified atom stereocenters. The van der Waals surface area contributed by atoms with E-state index in [4.69, 9.17) is 27.9 Å². The molecule has 1 saturated heterocycles. The topological polar surface area (TPSA) is 117 Å². The third-order valence-electron chi connectivity index (χ3n) is 5.18. The van der Waals surface area contributed by atoms with E-state index in [1.807, 2.05) is 0 Å². The van der Waals surface area contributed by atoms with Gasteiger partial charge in [0.15, 0.2) is 9.84 Å². The summed E-state index contributed by atoms with van der Waals surface area (Å²) >= 11 is 12.1. The summed E-state index contributed by atoms with van der Waals surface area (Å²) in [6, 6.07) is 5.23. The third kappa shape index (κ3) is 4.92. The van der Waals surface area contributed by atoms with Crippen LogP contribution in [-0.4, -0.2) is 54.3 Å². The number of rotatable bonds is 4. The van der Waals surface area contributed by atoms with Gasteiger partial charge in [-0.05, 0) is 52.2 Å². The first-order chi connectivity index (χ1) is 14.3. The number of hydrogen-bond donors (Lipinski definition) is 1. The number of halogens is 2. The Morgan fingerprint density at radius 1 is 1.29 bits per heavy atom. The summed E-state index contributed by atoms with van der Waals surface area (Å²) in [5, 5.41) is 10.8. The number of benzene rings is 1. The van der Waals surface area contributed by atoms with E-state index in [2.05, 4.69) is 11.4 Å². The van der Waals surface area contributed by atoms with Crippen LogP contribution in [-0.2, 0) is 19.4 Å². The van der Waals surface area contributed by atoms with Gasteiger partial charge in [-0.15, -0.1) is 0 Å². The summed E-state index contributed by atoms with van der Waals surface area (Å²) in [5.41, 5.74) is -1.79. The number of carbonyl (C=O) groups excluding carboxylic acids is 2. The maximum Gasteiger partial charge on any atom is 0.411 e. The lowest BCUT2D eigenvalue weighted by atomic mass is 10.2. The van der Waals surface area contributed by atoms with E-state index in [1.165, 1.54) is 18.2 Å². The number of nitrogens with zero attached hydrogens (tertiary/aromatic N) is 2. The lowest BCUT2D eigenvalue weighted by molar-refractivity contribution is -0.126. The summed E-state index contributed by atoms with van der Waals surface area (Å²) < 4.78 is 31.9. The Bertz CT molecular complexity index is 1060. The van der Waals surface area contributed by atoms with Crippen molar-refractivity contribution in [3.05, 3.63) is 28.2 Å². The number of carbonyl (C=O) groups is 2. The zero-order valence-corrected chi connectivity index (χ0v) is 19.6. The van der Waals surface area contributed by atoms with Crippen LogP contribution < -0.4 is 5.32 Å². The van der Waals surface area contributed by atoms with Crippen LogP contribution in [0.3, 0.4) is 0 Å². The normalized spacial score (nSPS) is 22.5. The van der Waals surface area contributed by atoms with E-state index in [-0.39, 0.29) is 27.9 Å². The molecule has 1 aromatic rings. The number of sulfone groups is 1. The first-order valence-electron chi connectivity index (χ1n) is 9.70. The molecule has 11 heteroatoms. The molecule has 1 aliphatic carbocycles. The van der Waals surface area contributed by atoms with E-state index in [0.717, 1.165) is 4.90 Å². The molecule has 1 N–H and O–H groups in total. The third-order valence-corrected chi connectivity index (χ3v) is 8.28. The van der Waals surface area contributed by atoms with E-state index in [9.17, 15) is 23.3 Å². The van der Waals surface area contributed by atoms with Gasteiger partial charge in [0.2, 0.25) is 5.91 Å². The van der Waals surface area contributed by atoms with E-state index < -0.39 is 44.3 Å². The lowest BCUT2D eigenvalue weighted by Gasteiger charge is -2.28. The molecule has 0 bridgehead atoms. The summed E-state index contributed by atoms with van der Waals surface area (Å²) in [6.07, 6.45) is 0.0598. The van der Waals surface area contributed by atoms with Gasteiger partial charge in [0.1, 0.15) is 17.2 Å². The smallest absolute Gasteiger partial charge is 0.411 e. The Hall–Kier alpha value is -2.02. The van der Waals surface area contributed by atoms with Gasteiger partial charge in [0.25, 0.3) is 0 Å². The molecule has 168 valence electrons. The fraction of sp³-hybridized carbons (Fsp3) is 0.550. The Kier molecular flexibility index (Phi) is 6.22. The van der Waals surface area contributed by atoms with Gasteiger partial charge in [0.05, 0.1) is 26.3 Å². The van der Waals surface area contributed by atoms with Crippen LogP contribution in [0.2, 0.25) is 10.0 Å². The van der Waals surface area contributed by atoms with Crippen LogP contribution in [0.1, 0.15) is 40.0 Å². The van der Waals surface area contributed by atoms with Crippen LogP contribution in [0.25, 0.3) is 0 Å².